The third kappa shape index (κ3) is 28.0. The van der Waals surface area contributed by atoms with Crippen molar-refractivity contribution >= 4 is 22.7 Å². The molecule has 2 aromatic heterocycles. The molecule has 0 saturated carbocycles. The fraction of sp³-hybridized carbons (Fsp3) is 0.818. The number of ether oxygens (including phenoxy) is 2. The Morgan fingerprint density at radius 1 is 0.347 bits per heavy atom. The quantitative estimate of drug-likeness (QED) is 0.0496. The minimum atomic E-state index is -0.137. The molecular formula is C44H78IO2S2+. The van der Waals surface area contributed by atoms with Crippen molar-refractivity contribution in [3.63, 3.8) is 0 Å². The van der Waals surface area contributed by atoms with Crippen LogP contribution in [0.4, 0.5) is 0 Å². The molecule has 0 atom stereocenters. The largest absolute Gasteiger partial charge is 0.484 e. The highest BCUT2D eigenvalue weighted by atomic mass is 127. The highest BCUT2D eigenvalue weighted by molar-refractivity contribution is 7.12. The van der Waals surface area contributed by atoms with Crippen molar-refractivity contribution in [2.75, 3.05) is 13.2 Å². The number of halogens is 1. The molecule has 0 aliphatic rings. The molecule has 0 radical (unpaired) electrons. The minimum absolute atomic E-state index is 0.137. The Bertz CT molecular complexity index is 867. The first-order valence-electron chi connectivity index (χ1n) is 21.4. The molecule has 284 valence electrons. The Morgan fingerprint density at radius 2 is 0.592 bits per heavy atom. The lowest BCUT2D eigenvalue weighted by atomic mass is 10.0. The van der Waals surface area contributed by atoms with E-state index >= 15 is 0 Å². The van der Waals surface area contributed by atoms with Crippen LogP contribution < -0.4 is 30.7 Å². The van der Waals surface area contributed by atoms with Gasteiger partial charge in [-0.2, -0.15) is 0 Å². The molecule has 0 bridgehead atoms. The van der Waals surface area contributed by atoms with Gasteiger partial charge in [-0.25, -0.2) is 0 Å². The van der Waals surface area contributed by atoms with Crippen LogP contribution in [0.15, 0.2) is 24.3 Å². The Hall–Kier alpha value is -0.270. The molecule has 2 rings (SSSR count). The van der Waals surface area contributed by atoms with E-state index in [4.69, 9.17) is 9.47 Å². The van der Waals surface area contributed by atoms with Crippen molar-refractivity contribution in [2.45, 2.75) is 219 Å². The molecule has 0 amide bonds. The molecule has 49 heavy (non-hydrogen) atoms. The third-order valence-electron chi connectivity index (χ3n) is 9.77. The summed E-state index contributed by atoms with van der Waals surface area (Å²) in [5, 5.41) is 2.21. The molecule has 2 nitrogen and oxygen atoms in total. The van der Waals surface area contributed by atoms with E-state index in [2.05, 4.69) is 38.1 Å². The molecule has 5 heteroatoms. The van der Waals surface area contributed by atoms with Crippen molar-refractivity contribution in [3.8, 4) is 10.1 Å². The second kappa shape index (κ2) is 34.8. The summed E-state index contributed by atoms with van der Waals surface area (Å²) in [4.78, 5) is 0. The summed E-state index contributed by atoms with van der Waals surface area (Å²) < 4.78 is 15.2. The van der Waals surface area contributed by atoms with Crippen LogP contribution in [-0.2, 0) is 0 Å². The molecule has 0 N–H and O–H groups in total. The second-order valence-electron chi connectivity index (χ2n) is 14.5. The molecule has 2 heterocycles. The summed E-state index contributed by atoms with van der Waals surface area (Å²) >= 11 is 3.58. The van der Waals surface area contributed by atoms with Crippen LogP contribution in [0.2, 0.25) is 0 Å². The fourth-order valence-electron chi connectivity index (χ4n) is 6.59. The standard InChI is InChI=1S/C44H78IO2S2/c1-3-5-7-9-11-13-15-17-19-21-23-25-27-29-31-33-39-46-43-37-35-41(48-43)45-42-36-38-44(49-42)47-40-34-32-30-28-26-24-22-20-18-16-14-12-10-8-6-4-2/h35-38H,3-34,39-40H2,1-2H3/q+1. The Kier molecular flexibility index (Phi) is 31.9. The average Bonchev–Trinajstić information content (AvgIpc) is 3.76. The van der Waals surface area contributed by atoms with E-state index in [0.29, 0.717) is 0 Å². The molecule has 0 fully saturated rings. The molecule has 0 unspecified atom stereocenters. The van der Waals surface area contributed by atoms with Crippen LogP contribution in [0, 0.1) is 5.77 Å². The first kappa shape index (κ1) is 44.9. The number of rotatable bonds is 38. The zero-order valence-electron chi connectivity index (χ0n) is 32.4. The van der Waals surface area contributed by atoms with E-state index in [9.17, 15) is 0 Å². The first-order valence-corrected chi connectivity index (χ1v) is 25.2. The van der Waals surface area contributed by atoms with Gasteiger partial charge in [0.2, 0.25) is 0 Å². The van der Waals surface area contributed by atoms with E-state index < -0.39 is 0 Å². The summed E-state index contributed by atoms with van der Waals surface area (Å²) in [6.07, 6.45) is 45.1. The van der Waals surface area contributed by atoms with Gasteiger partial charge >= 0.3 is 21.2 Å². The van der Waals surface area contributed by atoms with Gasteiger partial charge in [-0.1, -0.05) is 229 Å². The lowest BCUT2D eigenvalue weighted by Crippen LogP contribution is -3.61. The number of hydrogen-bond acceptors (Lipinski definition) is 4. The number of thiophene rings is 2. The van der Waals surface area contributed by atoms with E-state index in [0.717, 1.165) is 23.3 Å². The van der Waals surface area contributed by atoms with Gasteiger partial charge in [-0.15, -0.1) is 0 Å². The lowest BCUT2D eigenvalue weighted by Gasteiger charge is -2.04. The van der Waals surface area contributed by atoms with Crippen LogP contribution in [-0.4, -0.2) is 13.2 Å². The van der Waals surface area contributed by atoms with Crippen LogP contribution in [0.25, 0.3) is 0 Å². The Labute approximate surface area is 324 Å². The van der Waals surface area contributed by atoms with Crippen molar-refractivity contribution in [2.24, 2.45) is 0 Å². The van der Waals surface area contributed by atoms with Crippen molar-refractivity contribution in [1.82, 2.24) is 0 Å². The van der Waals surface area contributed by atoms with Gasteiger partial charge in [0, 0.05) is 12.1 Å². The van der Waals surface area contributed by atoms with Crippen LogP contribution >= 0.6 is 22.7 Å². The predicted molar refractivity (Wildman–Crippen MR) is 216 cm³/mol. The van der Waals surface area contributed by atoms with E-state index in [-0.39, 0.29) is 21.2 Å². The average molecular weight is 830 g/mol. The number of hydrogen-bond donors (Lipinski definition) is 0. The SMILES string of the molecule is CCCCCCCCCCCCCCCCCCOc1ccc([I+]c2ccc(OCCCCCCCCCCCCCCCCCC)s2)s1. The Balaban J connectivity index is 1.34. The lowest BCUT2D eigenvalue weighted by molar-refractivity contribution is -0.585. The Morgan fingerprint density at radius 3 is 0.857 bits per heavy atom. The van der Waals surface area contributed by atoms with E-state index in [1.54, 1.807) is 0 Å². The van der Waals surface area contributed by atoms with E-state index in [1.807, 2.05) is 22.7 Å². The van der Waals surface area contributed by atoms with Gasteiger partial charge in [-0.05, 0) is 25.0 Å². The molecule has 0 spiro atoms. The van der Waals surface area contributed by atoms with Gasteiger partial charge < -0.3 is 9.47 Å². The summed E-state index contributed by atoms with van der Waals surface area (Å²) in [5.41, 5.74) is 0. The van der Waals surface area contributed by atoms with Crippen molar-refractivity contribution in [3.05, 3.63) is 30.0 Å². The van der Waals surface area contributed by atoms with Gasteiger partial charge in [0.05, 0.1) is 13.2 Å². The van der Waals surface area contributed by atoms with Crippen LogP contribution in [0.1, 0.15) is 219 Å². The number of unbranched alkanes of at least 4 members (excludes halogenated alkanes) is 30. The summed E-state index contributed by atoms with van der Waals surface area (Å²) in [6.45, 7) is 6.34. The molecule has 0 aliphatic heterocycles. The highest BCUT2D eigenvalue weighted by Crippen LogP contribution is 2.22. The molecular weight excluding hydrogens is 752 g/mol. The van der Waals surface area contributed by atoms with Crippen LogP contribution in [0.5, 0.6) is 10.1 Å². The topological polar surface area (TPSA) is 18.5 Å². The minimum Gasteiger partial charge on any atom is -0.484 e. The van der Waals surface area contributed by atoms with Crippen molar-refractivity contribution < 1.29 is 30.7 Å². The summed E-state index contributed by atoms with van der Waals surface area (Å²) in [6, 6.07) is 8.96. The zero-order valence-corrected chi connectivity index (χ0v) is 36.2. The summed E-state index contributed by atoms with van der Waals surface area (Å²) in [5.74, 6) is 0. The maximum Gasteiger partial charge on any atom is 0.381 e. The predicted octanol–water partition coefficient (Wildman–Crippen LogP) is 13.2. The molecule has 2 aromatic rings. The highest BCUT2D eigenvalue weighted by Gasteiger charge is 2.21. The van der Waals surface area contributed by atoms with Gasteiger partial charge in [0.15, 0.2) is 10.1 Å². The monoisotopic (exact) mass is 829 g/mol. The first-order chi connectivity index (χ1) is 24.3. The fourth-order valence-corrected chi connectivity index (χ4v) is 12.5. The third-order valence-corrected chi connectivity index (χ3v) is 15.5. The normalized spacial score (nSPS) is 11.5. The maximum atomic E-state index is 6.11. The van der Waals surface area contributed by atoms with Gasteiger partial charge in [0.25, 0.3) is 5.77 Å². The van der Waals surface area contributed by atoms with Gasteiger partial charge in [-0.3, -0.25) is 0 Å². The maximum absolute atomic E-state index is 6.11. The van der Waals surface area contributed by atoms with Crippen molar-refractivity contribution in [1.29, 1.82) is 0 Å². The van der Waals surface area contributed by atoms with Crippen LogP contribution in [0.3, 0.4) is 0 Å². The molecule has 0 saturated heterocycles. The molecule has 0 aromatic carbocycles. The second-order valence-corrected chi connectivity index (χ2v) is 20.9. The molecule has 0 aliphatic carbocycles. The summed E-state index contributed by atoms with van der Waals surface area (Å²) in [7, 11) is 0. The van der Waals surface area contributed by atoms with E-state index in [1.165, 1.54) is 211 Å². The van der Waals surface area contributed by atoms with Gasteiger partial charge in [0.1, 0.15) is 0 Å². The zero-order chi connectivity index (χ0) is 34.7. The smallest absolute Gasteiger partial charge is 0.381 e.